The minimum atomic E-state index is -0.211. The molecule has 0 aliphatic rings. The summed E-state index contributed by atoms with van der Waals surface area (Å²) < 4.78 is 0. The van der Waals surface area contributed by atoms with Gasteiger partial charge >= 0.3 is 0 Å². The molecule has 6 heteroatoms. The average molecular weight is 287 g/mol. The smallest absolute Gasteiger partial charge is 0.258 e. The van der Waals surface area contributed by atoms with E-state index in [1.165, 1.54) is 0 Å². The average Bonchev–Trinajstić information content (AvgIpc) is 2.87. The molecule has 0 fully saturated rings. The lowest BCUT2D eigenvalue weighted by molar-refractivity contribution is 0.102. The molecule has 0 saturated heterocycles. The van der Waals surface area contributed by atoms with Crippen LogP contribution in [0, 0.1) is 6.92 Å². The predicted octanol–water partition coefficient (Wildman–Crippen LogP) is 2.62. The van der Waals surface area contributed by atoms with Gasteiger partial charge in [0.2, 0.25) is 0 Å². The highest BCUT2D eigenvalue weighted by atomic mass is 16.1. The third-order valence-corrected chi connectivity index (χ3v) is 3.20. The largest absolute Gasteiger partial charge is 0.305 e. The summed E-state index contributed by atoms with van der Waals surface area (Å²) in [5.41, 5.74) is 2.88. The van der Waals surface area contributed by atoms with E-state index in [0.29, 0.717) is 23.5 Å². The van der Waals surface area contributed by atoms with Crippen LogP contribution < -0.4 is 5.32 Å². The lowest BCUT2D eigenvalue weighted by atomic mass is 9.92. The van der Waals surface area contributed by atoms with Gasteiger partial charge in [0, 0.05) is 17.2 Å². The van der Waals surface area contributed by atoms with E-state index < -0.39 is 0 Å². The summed E-state index contributed by atoms with van der Waals surface area (Å²) in [7, 11) is 0. The number of aromatic amines is 1. The fourth-order valence-corrected chi connectivity index (χ4v) is 1.93. The molecule has 6 nitrogen and oxygen atoms in total. The second kappa shape index (κ2) is 5.63. The number of carbonyl (C=O) groups excluding carboxylic acids is 1. The number of carbonyl (C=O) groups is 1. The first kappa shape index (κ1) is 15.2. The number of hydrogen-bond donors (Lipinski definition) is 2. The van der Waals surface area contributed by atoms with Crippen molar-refractivity contribution in [3.05, 3.63) is 34.8 Å². The number of hydrogen-bond acceptors (Lipinski definition) is 4. The van der Waals surface area contributed by atoms with Crippen molar-refractivity contribution >= 4 is 11.7 Å². The molecule has 2 rings (SSSR count). The van der Waals surface area contributed by atoms with E-state index in [9.17, 15) is 4.79 Å². The van der Waals surface area contributed by atoms with Gasteiger partial charge in [-0.3, -0.25) is 9.89 Å². The van der Waals surface area contributed by atoms with Gasteiger partial charge in [0.05, 0.1) is 17.0 Å². The van der Waals surface area contributed by atoms with Crippen molar-refractivity contribution < 1.29 is 4.79 Å². The minimum Gasteiger partial charge on any atom is -0.305 e. The minimum absolute atomic E-state index is 0.0423. The summed E-state index contributed by atoms with van der Waals surface area (Å²) in [4.78, 5) is 12.4. The number of nitrogens with zero attached hydrogens (tertiary/aromatic N) is 3. The Hall–Kier alpha value is -2.24. The molecule has 0 bridgehead atoms. The highest BCUT2D eigenvalue weighted by Crippen LogP contribution is 2.22. The molecule has 2 N–H and O–H groups in total. The molecule has 0 spiro atoms. The number of nitrogens with one attached hydrogen (secondary N) is 2. The van der Waals surface area contributed by atoms with Gasteiger partial charge in [0.1, 0.15) is 0 Å². The quantitative estimate of drug-likeness (QED) is 0.909. The van der Waals surface area contributed by atoms with E-state index >= 15 is 0 Å². The van der Waals surface area contributed by atoms with Gasteiger partial charge in [0.25, 0.3) is 5.91 Å². The van der Waals surface area contributed by atoms with Crippen LogP contribution in [0.1, 0.15) is 55.1 Å². The molecule has 1 amide bonds. The number of amides is 1. The fourth-order valence-electron chi connectivity index (χ4n) is 1.93. The van der Waals surface area contributed by atoms with Crippen LogP contribution >= 0.6 is 0 Å². The molecule has 0 aliphatic heterocycles. The van der Waals surface area contributed by atoms with Gasteiger partial charge in [-0.05, 0) is 19.4 Å². The van der Waals surface area contributed by atoms with E-state index in [-0.39, 0.29) is 11.3 Å². The maximum absolute atomic E-state index is 12.4. The van der Waals surface area contributed by atoms with Crippen LogP contribution in [0.25, 0.3) is 0 Å². The van der Waals surface area contributed by atoms with Gasteiger partial charge in [-0.2, -0.15) is 15.3 Å². The normalized spacial score (nSPS) is 11.5. The molecular formula is C15H21N5O. The summed E-state index contributed by atoms with van der Waals surface area (Å²) in [6.07, 6.45) is 0.657. The van der Waals surface area contributed by atoms with Crippen LogP contribution in [0.15, 0.2) is 12.1 Å². The van der Waals surface area contributed by atoms with Crippen molar-refractivity contribution in [1.29, 1.82) is 0 Å². The second-order valence-electron chi connectivity index (χ2n) is 6.07. The Morgan fingerprint density at radius 1 is 1.29 bits per heavy atom. The second-order valence-corrected chi connectivity index (χ2v) is 6.07. The zero-order chi connectivity index (χ0) is 15.6. The summed E-state index contributed by atoms with van der Waals surface area (Å²) in [5, 5.41) is 17.9. The zero-order valence-electron chi connectivity index (χ0n) is 13.1. The number of rotatable bonds is 3. The zero-order valence-corrected chi connectivity index (χ0v) is 13.1. The van der Waals surface area contributed by atoms with Crippen molar-refractivity contribution in [3.8, 4) is 0 Å². The summed E-state index contributed by atoms with van der Waals surface area (Å²) in [5.74, 6) is 0.304. The van der Waals surface area contributed by atoms with Gasteiger partial charge in [-0.25, -0.2) is 0 Å². The van der Waals surface area contributed by atoms with E-state index in [1.807, 2.05) is 19.9 Å². The highest BCUT2D eigenvalue weighted by Gasteiger charge is 2.19. The van der Waals surface area contributed by atoms with E-state index in [1.54, 1.807) is 6.07 Å². The standard InChI is InChI=1S/C15H21N5O/c1-6-11-10(7-9(2)17-18-11)14(21)16-13-8-12(19-20-13)15(3,4)5/h7-8H,6H2,1-5H3,(H2,16,19,20,21). The third-order valence-electron chi connectivity index (χ3n) is 3.20. The van der Waals surface area contributed by atoms with Crippen molar-refractivity contribution in [2.24, 2.45) is 0 Å². The summed E-state index contributed by atoms with van der Waals surface area (Å²) in [6.45, 7) is 10.0. The van der Waals surface area contributed by atoms with E-state index in [2.05, 4.69) is 46.5 Å². The van der Waals surface area contributed by atoms with Gasteiger partial charge in [0.15, 0.2) is 5.82 Å². The van der Waals surface area contributed by atoms with Gasteiger partial charge < -0.3 is 5.32 Å². The first-order valence-corrected chi connectivity index (χ1v) is 7.01. The first-order chi connectivity index (χ1) is 9.81. The lowest BCUT2D eigenvalue weighted by Crippen LogP contribution is -2.16. The van der Waals surface area contributed by atoms with Crippen LogP contribution in [0.5, 0.6) is 0 Å². The Bertz CT molecular complexity index is 654. The van der Waals surface area contributed by atoms with Crippen LogP contribution in [-0.4, -0.2) is 26.3 Å². The monoisotopic (exact) mass is 287 g/mol. The van der Waals surface area contributed by atoms with E-state index in [0.717, 1.165) is 11.4 Å². The molecule has 112 valence electrons. The van der Waals surface area contributed by atoms with Crippen LogP contribution in [0.4, 0.5) is 5.82 Å². The Morgan fingerprint density at radius 2 is 2.00 bits per heavy atom. The molecule has 0 radical (unpaired) electrons. The number of H-pyrrole nitrogens is 1. The van der Waals surface area contributed by atoms with Crippen LogP contribution in [0.3, 0.4) is 0 Å². The molecule has 0 aliphatic carbocycles. The van der Waals surface area contributed by atoms with Crippen molar-refractivity contribution in [1.82, 2.24) is 20.4 Å². The molecule has 2 aromatic heterocycles. The fraction of sp³-hybridized carbons (Fsp3) is 0.467. The van der Waals surface area contributed by atoms with Crippen molar-refractivity contribution in [3.63, 3.8) is 0 Å². The number of aromatic nitrogens is 4. The van der Waals surface area contributed by atoms with Crippen molar-refractivity contribution in [2.75, 3.05) is 5.32 Å². The van der Waals surface area contributed by atoms with E-state index in [4.69, 9.17) is 0 Å². The summed E-state index contributed by atoms with van der Waals surface area (Å²) >= 11 is 0. The number of aryl methyl sites for hydroxylation is 2. The van der Waals surface area contributed by atoms with Crippen LogP contribution in [-0.2, 0) is 11.8 Å². The van der Waals surface area contributed by atoms with Crippen LogP contribution in [0.2, 0.25) is 0 Å². The summed E-state index contributed by atoms with van der Waals surface area (Å²) in [6, 6.07) is 3.60. The Kier molecular flexibility index (Phi) is 4.06. The molecule has 2 aromatic rings. The molecule has 0 saturated carbocycles. The Labute approximate surface area is 124 Å². The molecule has 0 aromatic carbocycles. The Balaban J connectivity index is 2.22. The molecule has 0 atom stereocenters. The molecule has 21 heavy (non-hydrogen) atoms. The first-order valence-electron chi connectivity index (χ1n) is 7.01. The maximum atomic E-state index is 12.4. The topological polar surface area (TPSA) is 83.6 Å². The Morgan fingerprint density at radius 3 is 2.57 bits per heavy atom. The third kappa shape index (κ3) is 3.45. The molecule has 2 heterocycles. The number of anilines is 1. The lowest BCUT2D eigenvalue weighted by Gasteiger charge is -2.14. The maximum Gasteiger partial charge on any atom is 0.258 e. The molecular weight excluding hydrogens is 266 g/mol. The van der Waals surface area contributed by atoms with Crippen molar-refractivity contribution in [2.45, 2.75) is 46.5 Å². The molecule has 0 unspecified atom stereocenters. The highest BCUT2D eigenvalue weighted by molar-refractivity contribution is 6.04. The van der Waals surface area contributed by atoms with Gasteiger partial charge in [-0.1, -0.05) is 27.7 Å². The predicted molar refractivity (Wildman–Crippen MR) is 81.4 cm³/mol. The van der Waals surface area contributed by atoms with Gasteiger partial charge in [-0.15, -0.1) is 0 Å². The SMILES string of the molecule is CCc1nnc(C)cc1C(=O)Nc1cc(C(C)(C)C)[nH]n1.